The maximum atomic E-state index is 13.3. The fraction of sp³-hybridized carbons (Fsp3) is 0.562. The van der Waals surface area contributed by atoms with Crippen LogP contribution in [0.3, 0.4) is 0 Å². The van der Waals surface area contributed by atoms with Gasteiger partial charge in [0.1, 0.15) is 5.82 Å². The van der Waals surface area contributed by atoms with Gasteiger partial charge in [-0.2, -0.15) is 0 Å². The third kappa shape index (κ3) is 3.22. The zero-order valence-corrected chi connectivity index (χ0v) is 13.3. The molecular formula is C16H21ClFNO2. The predicted octanol–water partition coefficient (Wildman–Crippen LogP) is 3.90. The molecule has 5 heteroatoms. The van der Waals surface area contributed by atoms with Crippen LogP contribution in [-0.2, 0) is 4.74 Å². The van der Waals surface area contributed by atoms with Crippen molar-refractivity contribution in [2.24, 2.45) is 0 Å². The van der Waals surface area contributed by atoms with E-state index in [1.807, 2.05) is 4.90 Å². The Hall–Kier alpha value is -1.13. The number of amides is 1. The highest BCUT2D eigenvalue weighted by Gasteiger charge is 2.43. The molecule has 0 N–H and O–H groups in total. The second kappa shape index (κ2) is 6.75. The van der Waals surface area contributed by atoms with Crippen molar-refractivity contribution in [2.75, 3.05) is 20.3 Å². The number of methoxy groups -OCH3 is 1. The van der Waals surface area contributed by atoms with Crippen LogP contribution in [0.25, 0.3) is 0 Å². The van der Waals surface area contributed by atoms with E-state index in [1.54, 1.807) is 7.11 Å². The molecule has 1 fully saturated rings. The largest absolute Gasteiger partial charge is 0.382 e. The number of hydrogen-bond donors (Lipinski definition) is 0. The van der Waals surface area contributed by atoms with Gasteiger partial charge in [0.25, 0.3) is 5.91 Å². The van der Waals surface area contributed by atoms with Crippen LogP contribution in [0, 0.1) is 5.82 Å². The highest BCUT2D eigenvalue weighted by atomic mass is 35.5. The third-order valence-corrected chi connectivity index (χ3v) is 4.43. The van der Waals surface area contributed by atoms with Crippen molar-refractivity contribution < 1.29 is 13.9 Å². The summed E-state index contributed by atoms with van der Waals surface area (Å²) in [6.07, 6.45) is 3.79. The monoisotopic (exact) mass is 313 g/mol. The summed E-state index contributed by atoms with van der Waals surface area (Å²) in [7, 11) is 1.66. The number of likely N-dealkylation sites (tertiary alicyclic amines) is 1. The van der Waals surface area contributed by atoms with Crippen LogP contribution in [0.1, 0.15) is 43.0 Å². The van der Waals surface area contributed by atoms with E-state index >= 15 is 0 Å². The summed E-state index contributed by atoms with van der Waals surface area (Å²) >= 11 is 5.79. The molecule has 0 saturated carbocycles. The van der Waals surface area contributed by atoms with Crippen molar-refractivity contribution in [2.45, 2.75) is 38.1 Å². The Labute approximate surface area is 130 Å². The zero-order valence-electron chi connectivity index (χ0n) is 12.5. The molecule has 0 aliphatic carbocycles. The minimum Gasteiger partial charge on any atom is -0.382 e. The molecule has 0 radical (unpaired) electrons. The molecule has 1 unspecified atom stereocenters. The van der Waals surface area contributed by atoms with Gasteiger partial charge in [0.15, 0.2) is 0 Å². The summed E-state index contributed by atoms with van der Waals surface area (Å²) in [5, 5.41) is -0.0205. The Balaban J connectivity index is 2.29. The molecule has 2 rings (SSSR count). The summed E-state index contributed by atoms with van der Waals surface area (Å²) in [6.45, 7) is 3.34. The Bertz CT molecular complexity index is 515. The second-order valence-corrected chi connectivity index (χ2v) is 6.00. The standard InChI is InChI=1S/C16H21ClFNO2/c1-3-7-16(11-21-2)8-4-9-19(16)15(20)12-5-6-14(18)13(17)10-12/h5-6,10H,3-4,7-9,11H2,1-2H3. The van der Waals surface area contributed by atoms with Gasteiger partial charge in [-0.05, 0) is 37.5 Å². The molecule has 1 amide bonds. The topological polar surface area (TPSA) is 29.5 Å². The Morgan fingerprint density at radius 3 is 2.90 bits per heavy atom. The molecule has 1 aliphatic rings. The van der Waals surface area contributed by atoms with E-state index in [4.69, 9.17) is 16.3 Å². The average molecular weight is 314 g/mol. The van der Waals surface area contributed by atoms with E-state index in [0.29, 0.717) is 18.7 Å². The van der Waals surface area contributed by atoms with Gasteiger partial charge >= 0.3 is 0 Å². The van der Waals surface area contributed by atoms with Gasteiger partial charge in [-0.25, -0.2) is 4.39 Å². The fourth-order valence-corrected chi connectivity index (χ4v) is 3.44. The lowest BCUT2D eigenvalue weighted by Gasteiger charge is -2.38. The van der Waals surface area contributed by atoms with Crippen LogP contribution in [0.2, 0.25) is 5.02 Å². The predicted molar refractivity (Wildman–Crippen MR) is 81.2 cm³/mol. The molecule has 1 saturated heterocycles. The number of benzene rings is 1. The first-order valence-corrected chi connectivity index (χ1v) is 7.68. The first-order valence-electron chi connectivity index (χ1n) is 7.30. The van der Waals surface area contributed by atoms with Gasteiger partial charge in [0, 0.05) is 19.2 Å². The number of hydrogen-bond acceptors (Lipinski definition) is 2. The van der Waals surface area contributed by atoms with E-state index in [0.717, 1.165) is 25.7 Å². The van der Waals surface area contributed by atoms with Crippen molar-refractivity contribution in [3.8, 4) is 0 Å². The van der Waals surface area contributed by atoms with Crippen molar-refractivity contribution in [1.29, 1.82) is 0 Å². The molecule has 3 nitrogen and oxygen atoms in total. The highest BCUT2D eigenvalue weighted by molar-refractivity contribution is 6.31. The number of nitrogens with zero attached hydrogens (tertiary/aromatic N) is 1. The van der Waals surface area contributed by atoms with Crippen LogP contribution in [0.5, 0.6) is 0 Å². The first-order chi connectivity index (χ1) is 10.0. The van der Waals surface area contributed by atoms with Gasteiger partial charge in [0.2, 0.25) is 0 Å². The van der Waals surface area contributed by atoms with Crippen LogP contribution < -0.4 is 0 Å². The molecule has 1 aromatic carbocycles. The Morgan fingerprint density at radius 1 is 1.52 bits per heavy atom. The minimum atomic E-state index is -0.508. The van der Waals surface area contributed by atoms with E-state index in [1.165, 1.54) is 18.2 Å². The van der Waals surface area contributed by atoms with Gasteiger partial charge < -0.3 is 9.64 Å². The van der Waals surface area contributed by atoms with Crippen LogP contribution in [-0.4, -0.2) is 36.6 Å². The number of carbonyl (C=O) groups excluding carboxylic acids is 1. The van der Waals surface area contributed by atoms with Crippen molar-refractivity contribution in [1.82, 2.24) is 4.90 Å². The second-order valence-electron chi connectivity index (χ2n) is 5.60. The summed E-state index contributed by atoms with van der Waals surface area (Å²) in [6, 6.07) is 4.13. The van der Waals surface area contributed by atoms with Crippen LogP contribution >= 0.6 is 11.6 Å². The first kappa shape index (κ1) is 16.2. The third-order valence-electron chi connectivity index (χ3n) is 4.14. The average Bonchev–Trinajstić information content (AvgIpc) is 2.85. The Kier molecular flexibility index (Phi) is 5.22. The van der Waals surface area contributed by atoms with Gasteiger partial charge in [-0.3, -0.25) is 4.79 Å². The van der Waals surface area contributed by atoms with Gasteiger partial charge in [-0.1, -0.05) is 24.9 Å². The SMILES string of the molecule is CCCC1(COC)CCCN1C(=O)c1ccc(F)c(Cl)c1. The lowest BCUT2D eigenvalue weighted by Crippen LogP contribution is -2.50. The zero-order chi connectivity index (χ0) is 15.5. The van der Waals surface area contributed by atoms with Crippen molar-refractivity contribution in [3.63, 3.8) is 0 Å². The molecule has 21 heavy (non-hydrogen) atoms. The lowest BCUT2D eigenvalue weighted by atomic mass is 9.91. The van der Waals surface area contributed by atoms with Crippen molar-refractivity contribution in [3.05, 3.63) is 34.6 Å². The van der Waals surface area contributed by atoms with E-state index in [-0.39, 0.29) is 16.5 Å². The summed E-state index contributed by atoms with van der Waals surface area (Å²) in [4.78, 5) is 14.6. The fourth-order valence-electron chi connectivity index (χ4n) is 3.26. The number of halogens is 2. The quantitative estimate of drug-likeness (QED) is 0.825. The molecular weight excluding hydrogens is 293 g/mol. The van der Waals surface area contributed by atoms with E-state index in [9.17, 15) is 9.18 Å². The summed E-state index contributed by atoms with van der Waals surface area (Å²) in [5.41, 5.74) is 0.182. The molecule has 0 spiro atoms. The molecule has 0 bridgehead atoms. The lowest BCUT2D eigenvalue weighted by molar-refractivity contribution is 0.0254. The molecule has 1 atom stereocenters. The summed E-state index contributed by atoms with van der Waals surface area (Å²) < 4.78 is 18.6. The van der Waals surface area contributed by atoms with E-state index < -0.39 is 5.82 Å². The number of rotatable bonds is 5. The van der Waals surface area contributed by atoms with Gasteiger partial charge in [0.05, 0.1) is 17.2 Å². The van der Waals surface area contributed by atoms with Gasteiger partial charge in [-0.15, -0.1) is 0 Å². The van der Waals surface area contributed by atoms with E-state index in [2.05, 4.69) is 6.92 Å². The smallest absolute Gasteiger partial charge is 0.254 e. The number of carbonyl (C=O) groups is 1. The molecule has 1 heterocycles. The van der Waals surface area contributed by atoms with Crippen LogP contribution in [0.15, 0.2) is 18.2 Å². The highest BCUT2D eigenvalue weighted by Crippen LogP contribution is 2.35. The molecule has 116 valence electrons. The molecule has 1 aromatic rings. The minimum absolute atomic E-state index is 0.0205. The Morgan fingerprint density at radius 2 is 2.29 bits per heavy atom. The molecule has 0 aromatic heterocycles. The summed E-state index contributed by atoms with van der Waals surface area (Å²) in [5.74, 6) is -0.605. The number of ether oxygens (including phenoxy) is 1. The maximum Gasteiger partial charge on any atom is 0.254 e. The molecule has 1 aliphatic heterocycles. The van der Waals surface area contributed by atoms with Crippen LogP contribution in [0.4, 0.5) is 4.39 Å². The van der Waals surface area contributed by atoms with Crippen molar-refractivity contribution >= 4 is 17.5 Å². The maximum absolute atomic E-state index is 13.3. The normalized spacial score (nSPS) is 21.8.